The zero-order valence-corrected chi connectivity index (χ0v) is 19.1. The fourth-order valence-electron chi connectivity index (χ4n) is 4.61. The molecular weight excluding hydrogens is 412 g/mol. The maximum absolute atomic E-state index is 13.4. The molecule has 2 aliphatic rings. The minimum absolute atomic E-state index is 0. The maximum Gasteiger partial charge on any atom is 0.258 e. The van der Waals surface area contributed by atoms with Gasteiger partial charge in [-0.05, 0) is 62.2 Å². The van der Waals surface area contributed by atoms with Crippen LogP contribution in [0, 0.1) is 0 Å². The van der Waals surface area contributed by atoms with Crippen molar-refractivity contribution in [2.75, 3.05) is 27.8 Å². The van der Waals surface area contributed by atoms with E-state index in [-0.39, 0.29) is 18.3 Å². The van der Waals surface area contributed by atoms with Crippen molar-refractivity contribution in [2.45, 2.75) is 37.8 Å². The third-order valence-corrected chi connectivity index (χ3v) is 6.41. The third kappa shape index (κ3) is 4.89. The second-order valence-corrected chi connectivity index (χ2v) is 8.09. The SMILES string of the molecule is COc1ccc(CCN(C(=O)c2ccccc2)C2=CC3CCC(C2)N3C)cc1OC.[Cl-]. The van der Waals surface area contributed by atoms with Gasteiger partial charge in [0, 0.05) is 36.3 Å². The standard InChI is InChI=1S/C25H30N2O3.ClH/c1-26-20-10-11-21(26)17-22(16-20)27(25(28)19-7-5-4-6-8-19)14-13-18-9-12-23(29-2)24(15-18)30-3;/h4-9,12,15-16,20-21H,10-11,13-14,17H2,1-3H3;1H/p-1. The van der Waals surface area contributed by atoms with Crippen molar-refractivity contribution >= 4 is 5.91 Å². The van der Waals surface area contributed by atoms with Crippen molar-refractivity contribution < 1.29 is 26.7 Å². The van der Waals surface area contributed by atoms with Gasteiger partial charge in [0.2, 0.25) is 0 Å². The van der Waals surface area contributed by atoms with E-state index in [1.54, 1.807) is 14.2 Å². The lowest BCUT2D eigenvalue weighted by atomic mass is 10.0. The Morgan fingerprint density at radius 2 is 1.81 bits per heavy atom. The quantitative estimate of drug-likeness (QED) is 0.646. The molecule has 2 aliphatic heterocycles. The van der Waals surface area contributed by atoms with E-state index in [0.29, 0.717) is 30.1 Å². The minimum Gasteiger partial charge on any atom is -1.00 e. The Hall–Kier alpha value is -2.50. The van der Waals surface area contributed by atoms with Gasteiger partial charge in [-0.3, -0.25) is 9.69 Å². The predicted molar refractivity (Wildman–Crippen MR) is 118 cm³/mol. The number of rotatable bonds is 7. The number of ether oxygens (including phenoxy) is 2. The first-order chi connectivity index (χ1) is 14.6. The van der Waals surface area contributed by atoms with Crippen LogP contribution in [0.5, 0.6) is 11.5 Å². The molecule has 1 fully saturated rings. The molecule has 1 amide bonds. The van der Waals surface area contributed by atoms with Gasteiger partial charge in [0.05, 0.1) is 14.2 Å². The largest absolute Gasteiger partial charge is 1.00 e. The first-order valence-corrected chi connectivity index (χ1v) is 10.6. The maximum atomic E-state index is 13.4. The lowest BCUT2D eigenvalue weighted by molar-refractivity contribution is -0.0000169. The third-order valence-electron chi connectivity index (χ3n) is 6.41. The molecule has 2 bridgehead atoms. The highest BCUT2D eigenvalue weighted by Crippen LogP contribution is 2.35. The molecule has 2 aromatic carbocycles. The van der Waals surface area contributed by atoms with Gasteiger partial charge in [0.25, 0.3) is 5.91 Å². The highest BCUT2D eigenvalue weighted by atomic mass is 35.5. The van der Waals surface area contributed by atoms with Gasteiger partial charge in [-0.1, -0.05) is 24.3 Å². The van der Waals surface area contributed by atoms with E-state index in [9.17, 15) is 4.79 Å². The molecule has 0 spiro atoms. The highest BCUT2D eigenvalue weighted by molar-refractivity contribution is 5.95. The lowest BCUT2D eigenvalue weighted by Crippen LogP contribution is -3.00. The van der Waals surface area contributed by atoms with Crippen LogP contribution in [0.1, 0.15) is 35.2 Å². The van der Waals surface area contributed by atoms with Crippen molar-refractivity contribution in [2.24, 2.45) is 0 Å². The number of methoxy groups -OCH3 is 2. The average molecular weight is 442 g/mol. The molecule has 1 saturated heterocycles. The molecule has 2 aromatic rings. The summed E-state index contributed by atoms with van der Waals surface area (Å²) in [6.07, 6.45) is 6.36. The van der Waals surface area contributed by atoms with Crippen molar-refractivity contribution in [3.8, 4) is 11.5 Å². The minimum atomic E-state index is 0. The van der Waals surface area contributed by atoms with Crippen molar-refractivity contribution in [1.29, 1.82) is 0 Å². The van der Waals surface area contributed by atoms with E-state index in [4.69, 9.17) is 9.47 Å². The van der Waals surface area contributed by atoms with Crippen molar-refractivity contribution in [3.63, 3.8) is 0 Å². The van der Waals surface area contributed by atoms with Gasteiger partial charge in [0.15, 0.2) is 11.5 Å². The van der Waals surface area contributed by atoms with E-state index in [1.165, 1.54) is 12.8 Å². The van der Waals surface area contributed by atoms with Crippen LogP contribution in [-0.4, -0.2) is 55.6 Å². The molecule has 6 heteroatoms. The number of nitrogens with zero attached hydrogens (tertiary/aromatic N) is 2. The monoisotopic (exact) mass is 441 g/mol. The van der Waals surface area contributed by atoms with E-state index >= 15 is 0 Å². The van der Waals surface area contributed by atoms with Gasteiger partial charge < -0.3 is 26.8 Å². The molecule has 0 radical (unpaired) electrons. The van der Waals surface area contributed by atoms with Crippen LogP contribution < -0.4 is 21.9 Å². The molecule has 4 rings (SSSR count). The number of benzene rings is 2. The van der Waals surface area contributed by atoms with E-state index in [1.807, 2.05) is 53.4 Å². The van der Waals surface area contributed by atoms with Crippen LogP contribution in [0.15, 0.2) is 60.3 Å². The zero-order chi connectivity index (χ0) is 21.1. The van der Waals surface area contributed by atoms with Crippen LogP contribution in [0.2, 0.25) is 0 Å². The average Bonchev–Trinajstić information content (AvgIpc) is 2.99. The number of carbonyl (C=O) groups is 1. The number of likely N-dealkylation sites (N-methyl/N-ethyl adjacent to an activating group) is 1. The normalized spacial score (nSPS) is 19.9. The fraction of sp³-hybridized carbons (Fsp3) is 0.400. The smallest absolute Gasteiger partial charge is 0.258 e. The molecule has 0 saturated carbocycles. The highest BCUT2D eigenvalue weighted by Gasteiger charge is 2.36. The number of hydrogen-bond donors (Lipinski definition) is 0. The first-order valence-electron chi connectivity index (χ1n) is 10.6. The van der Waals surface area contributed by atoms with Gasteiger partial charge >= 0.3 is 0 Å². The summed E-state index contributed by atoms with van der Waals surface area (Å²) in [6.45, 7) is 0.637. The topological polar surface area (TPSA) is 42.0 Å². The Bertz CT molecular complexity index is 932. The fourth-order valence-corrected chi connectivity index (χ4v) is 4.61. The van der Waals surface area contributed by atoms with Gasteiger partial charge in [-0.25, -0.2) is 0 Å². The number of fused-ring (bicyclic) bond motifs is 2. The molecule has 2 atom stereocenters. The molecular formula is C25H30ClN2O3-. The summed E-state index contributed by atoms with van der Waals surface area (Å²) in [7, 11) is 5.48. The Labute approximate surface area is 191 Å². The van der Waals surface area contributed by atoms with E-state index in [0.717, 1.165) is 29.7 Å². The Morgan fingerprint density at radius 3 is 2.48 bits per heavy atom. The summed E-state index contributed by atoms with van der Waals surface area (Å²) >= 11 is 0. The van der Waals surface area contributed by atoms with Crippen LogP contribution in [0.3, 0.4) is 0 Å². The summed E-state index contributed by atoms with van der Waals surface area (Å²) < 4.78 is 10.8. The van der Waals surface area contributed by atoms with Crippen LogP contribution in [-0.2, 0) is 6.42 Å². The zero-order valence-electron chi connectivity index (χ0n) is 18.4. The van der Waals surface area contributed by atoms with Gasteiger partial charge in [-0.2, -0.15) is 0 Å². The molecule has 0 aromatic heterocycles. The molecule has 0 aliphatic carbocycles. The van der Waals surface area contributed by atoms with Gasteiger partial charge in [0.1, 0.15) is 0 Å². The molecule has 2 heterocycles. The number of hydrogen-bond acceptors (Lipinski definition) is 4. The molecule has 31 heavy (non-hydrogen) atoms. The summed E-state index contributed by atoms with van der Waals surface area (Å²) in [6, 6.07) is 16.5. The van der Waals surface area contributed by atoms with Gasteiger partial charge in [-0.15, -0.1) is 0 Å². The Morgan fingerprint density at radius 1 is 1.06 bits per heavy atom. The first kappa shape index (κ1) is 23.2. The lowest BCUT2D eigenvalue weighted by Gasteiger charge is -2.35. The van der Waals surface area contributed by atoms with E-state index in [2.05, 4.69) is 18.0 Å². The van der Waals surface area contributed by atoms with Crippen molar-refractivity contribution in [3.05, 3.63) is 71.4 Å². The molecule has 0 N–H and O–H groups in total. The summed E-state index contributed by atoms with van der Waals surface area (Å²) in [5.74, 6) is 1.51. The van der Waals surface area contributed by atoms with E-state index < -0.39 is 0 Å². The van der Waals surface area contributed by atoms with Crippen LogP contribution in [0.4, 0.5) is 0 Å². The van der Waals surface area contributed by atoms with Crippen LogP contribution in [0.25, 0.3) is 0 Å². The number of carbonyl (C=O) groups excluding carboxylic acids is 1. The molecule has 2 unspecified atom stereocenters. The summed E-state index contributed by atoms with van der Waals surface area (Å²) in [4.78, 5) is 17.9. The summed E-state index contributed by atoms with van der Waals surface area (Å²) in [5.41, 5.74) is 3.02. The Balaban J connectivity index is 0.00000272. The van der Waals surface area contributed by atoms with Crippen molar-refractivity contribution in [1.82, 2.24) is 9.80 Å². The predicted octanol–water partition coefficient (Wildman–Crippen LogP) is 1.14. The second-order valence-electron chi connectivity index (χ2n) is 8.09. The molecule has 166 valence electrons. The summed E-state index contributed by atoms with van der Waals surface area (Å²) in [5, 5.41) is 0. The Kier molecular flexibility index (Phi) is 7.63. The second kappa shape index (κ2) is 10.2. The van der Waals surface area contributed by atoms with Crippen LogP contribution >= 0.6 is 0 Å². The number of halogens is 1. The number of amides is 1. The molecule has 5 nitrogen and oxygen atoms in total.